The number of unbranched alkanes of at least 4 members (excludes halogenated alkanes) is 4. The standard InChI is InChI=1S/C27H31N3O2/c1-2-3-4-5-10-17-30-22-13-8-7-12-21(22)29-27(30)28-18-20-23(31)15-16-25-26(20)19-11-6-9-14-24(19)32-25/h7-8,12-13,15-16,18,31H,2-6,9-11,14,17H2,1H3. The summed E-state index contributed by atoms with van der Waals surface area (Å²) in [4.78, 5) is 9.58. The molecule has 32 heavy (non-hydrogen) atoms. The summed E-state index contributed by atoms with van der Waals surface area (Å²) >= 11 is 0. The molecule has 5 rings (SSSR count). The number of rotatable bonds is 8. The molecule has 1 N–H and O–H groups in total. The number of hydrogen-bond donors (Lipinski definition) is 1. The van der Waals surface area contributed by atoms with E-state index < -0.39 is 0 Å². The number of phenolic OH excluding ortho intramolecular Hbond substituents is 1. The molecule has 0 unspecified atom stereocenters. The maximum atomic E-state index is 10.7. The molecule has 1 aliphatic carbocycles. The molecule has 166 valence electrons. The molecule has 0 amide bonds. The van der Waals surface area contributed by atoms with Gasteiger partial charge >= 0.3 is 0 Å². The Morgan fingerprint density at radius 1 is 1.06 bits per heavy atom. The molecule has 2 heterocycles. The summed E-state index contributed by atoms with van der Waals surface area (Å²) in [5.41, 5.74) is 4.86. The Morgan fingerprint density at radius 3 is 2.81 bits per heavy atom. The number of aromatic hydroxyl groups is 1. The van der Waals surface area contributed by atoms with E-state index in [1.54, 1.807) is 12.3 Å². The maximum absolute atomic E-state index is 10.7. The zero-order valence-corrected chi connectivity index (χ0v) is 18.8. The van der Waals surface area contributed by atoms with E-state index in [4.69, 9.17) is 14.4 Å². The Balaban J connectivity index is 1.51. The third-order valence-corrected chi connectivity index (χ3v) is 6.57. The van der Waals surface area contributed by atoms with Crippen molar-refractivity contribution in [3.63, 3.8) is 0 Å². The van der Waals surface area contributed by atoms with Gasteiger partial charge in [-0.25, -0.2) is 9.98 Å². The van der Waals surface area contributed by atoms with Crippen molar-refractivity contribution in [3.05, 3.63) is 53.3 Å². The van der Waals surface area contributed by atoms with Crippen molar-refractivity contribution in [2.45, 2.75) is 71.3 Å². The highest BCUT2D eigenvalue weighted by atomic mass is 16.3. The minimum Gasteiger partial charge on any atom is -0.507 e. The van der Waals surface area contributed by atoms with Crippen LogP contribution >= 0.6 is 0 Å². The Morgan fingerprint density at radius 2 is 1.91 bits per heavy atom. The van der Waals surface area contributed by atoms with Crippen molar-refractivity contribution < 1.29 is 9.52 Å². The van der Waals surface area contributed by atoms with Crippen molar-refractivity contribution >= 4 is 34.2 Å². The number of phenols is 1. The van der Waals surface area contributed by atoms with E-state index in [0.29, 0.717) is 5.95 Å². The van der Waals surface area contributed by atoms with E-state index in [-0.39, 0.29) is 5.75 Å². The first kappa shape index (κ1) is 20.8. The van der Waals surface area contributed by atoms with Gasteiger partial charge in [-0.1, -0.05) is 44.7 Å². The van der Waals surface area contributed by atoms with Crippen molar-refractivity contribution in [2.24, 2.45) is 4.99 Å². The number of imidazole rings is 1. The number of benzene rings is 2. The largest absolute Gasteiger partial charge is 0.507 e. The van der Waals surface area contributed by atoms with Gasteiger partial charge in [0.25, 0.3) is 0 Å². The van der Waals surface area contributed by atoms with E-state index in [2.05, 4.69) is 23.6 Å². The minimum absolute atomic E-state index is 0.234. The Kier molecular flexibility index (Phi) is 5.97. The zero-order valence-electron chi connectivity index (χ0n) is 18.8. The number of hydrogen-bond acceptors (Lipinski definition) is 4. The van der Waals surface area contributed by atoms with Crippen LogP contribution in [-0.4, -0.2) is 20.9 Å². The predicted molar refractivity (Wildman–Crippen MR) is 130 cm³/mol. The van der Waals surface area contributed by atoms with E-state index in [1.165, 1.54) is 31.2 Å². The molecule has 0 atom stereocenters. The van der Waals surface area contributed by atoms with Gasteiger partial charge < -0.3 is 14.1 Å². The molecule has 0 aliphatic heterocycles. The van der Waals surface area contributed by atoms with Gasteiger partial charge in [-0.15, -0.1) is 0 Å². The van der Waals surface area contributed by atoms with Crippen LogP contribution < -0.4 is 0 Å². The van der Waals surface area contributed by atoms with Gasteiger partial charge in [-0.05, 0) is 49.9 Å². The third kappa shape index (κ3) is 3.92. The molecule has 4 aromatic rings. The van der Waals surface area contributed by atoms with E-state index in [1.807, 2.05) is 18.2 Å². The van der Waals surface area contributed by atoms with Crippen LogP contribution in [0.25, 0.3) is 22.0 Å². The second kappa shape index (κ2) is 9.19. The number of fused-ring (bicyclic) bond motifs is 4. The monoisotopic (exact) mass is 429 g/mol. The average molecular weight is 430 g/mol. The van der Waals surface area contributed by atoms with Crippen LogP contribution in [0, 0.1) is 0 Å². The number of aliphatic imine (C=N–C) groups is 1. The lowest BCUT2D eigenvalue weighted by Crippen LogP contribution is -2.00. The highest BCUT2D eigenvalue weighted by Crippen LogP contribution is 2.37. The first-order chi connectivity index (χ1) is 15.8. The number of furan rings is 1. The summed E-state index contributed by atoms with van der Waals surface area (Å²) < 4.78 is 8.31. The fraction of sp³-hybridized carbons (Fsp3) is 0.407. The Hall–Kier alpha value is -3.08. The first-order valence-electron chi connectivity index (χ1n) is 12.0. The van der Waals surface area contributed by atoms with Gasteiger partial charge in [0, 0.05) is 35.7 Å². The highest BCUT2D eigenvalue weighted by Gasteiger charge is 2.21. The average Bonchev–Trinajstić information content (AvgIpc) is 3.36. The molecular formula is C27H31N3O2. The van der Waals surface area contributed by atoms with Crippen molar-refractivity contribution in [3.8, 4) is 5.75 Å². The van der Waals surface area contributed by atoms with Crippen LogP contribution in [0.4, 0.5) is 5.95 Å². The fourth-order valence-corrected chi connectivity index (χ4v) is 4.88. The Bertz CT molecular complexity index is 1270. The van der Waals surface area contributed by atoms with E-state index in [0.717, 1.165) is 72.0 Å². The second-order valence-electron chi connectivity index (χ2n) is 8.81. The summed E-state index contributed by atoms with van der Waals surface area (Å²) in [6, 6.07) is 11.8. The minimum atomic E-state index is 0.234. The van der Waals surface area contributed by atoms with Gasteiger partial charge in [0.05, 0.1) is 11.0 Å². The van der Waals surface area contributed by atoms with Crippen LogP contribution in [0.2, 0.25) is 0 Å². The summed E-state index contributed by atoms with van der Waals surface area (Å²) in [5.74, 6) is 1.99. The lowest BCUT2D eigenvalue weighted by Gasteiger charge is -2.10. The molecule has 2 aromatic carbocycles. The van der Waals surface area contributed by atoms with Gasteiger partial charge in [0.15, 0.2) is 0 Å². The zero-order chi connectivity index (χ0) is 21.9. The van der Waals surface area contributed by atoms with Crippen molar-refractivity contribution in [2.75, 3.05) is 0 Å². The van der Waals surface area contributed by atoms with Crippen LogP contribution in [0.1, 0.15) is 68.8 Å². The third-order valence-electron chi connectivity index (χ3n) is 6.57. The normalized spacial score (nSPS) is 14.0. The smallest absolute Gasteiger partial charge is 0.230 e. The molecule has 0 spiro atoms. The van der Waals surface area contributed by atoms with Crippen LogP contribution in [0.5, 0.6) is 5.75 Å². The van der Waals surface area contributed by atoms with Gasteiger partial charge in [0.2, 0.25) is 5.95 Å². The summed E-state index contributed by atoms with van der Waals surface area (Å²) in [5, 5.41) is 11.7. The lowest BCUT2D eigenvalue weighted by atomic mass is 9.94. The molecule has 0 fully saturated rings. The highest BCUT2D eigenvalue weighted by molar-refractivity contribution is 6.03. The number of nitrogens with zero attached hydrogens (tertiary/aromatic N) is 3. The number of aryl methyl sites for hydroxylation is 3. The van der Waals surface area contributed by atoms with Crippen LogP contribution in [0.15, 0.2) is 45.8 Å². The second-order valence-corrected chi connectivity index (χ2v) is 8.81. The fourth-order valence-electron chi connectivity index (χ4n) is 4.88. The first-order valence-corrected chi connectivity index (χ1v) is 12.0. The molecular weight excluding hydrogens is 398 g/mol. The molecule has 0 radical (unpaired) electrons. The maximum Gasteiger partial charge on any atom is 0.230 e. The van der Waals surface area contributed by atoms with Crippen LogP contribution in [0.3, 0.4) is 0 Å². The number of aromatic nitrogens is 2. The summed E-state index contributed by atoms with van der Waals surface area (Å²) in [7, 11) is 0. The molecule has 2 aromatic heterocycles. The van der Waals surface area contributed by atoms with Gasteiger partial charge in [-0.3, -0.25) is 0 Å². The molecule has 0 bridgehead atoms. The molecule has 1 aliphatic rings. The van der Waals surface area contributed by atoms with Gasteiger partial charge in [-0.2, -0.15) is 0 Å². The number of para-hydroxylation sites is 2. The summed E-state index contributed by atoms with van der Waals surface area (Å²) in [6.07, 6.45) is 12.2. The lowest BCUT2D eigenvalue weighted by molar-refractivity contribution is 0.474. The molecule has 0 saturated carbocycles. The predicted octanol–water partition coefficient (Wildman–Crippen LogP) is 7.09. The molecule has 0 saturated heterocycles. The van der Waals surface area contributed by atoms with E-state index >= 15 is 0 Å². The van der Waals surface area contributed by atoms with E-state index in [9.17, 15) is 5.11 Å². The van der Waals surface area contributed by atoms with Gasteiger partial charge in [0.1, 0.15) is 17.1 Å². The Labute approximate surface area is 188 Å². The van der Waals surface area contributed by atoms with Crippen molar-refractivity contribution in [1.29, 1.82) is 0 Å². The van der Waals surface area contributed by atoms with Crippen molar-refractivity contribution in [1.82, 2.24) is 9.55 Å². The molecule has 5 heteroatoms. The van der Waals surface area contributed by atoms with Crippen LogP contribution in [-0.2, 0) is 19.4 Å². The quantitative estimate of drug-likeness (QED) is 0.240. The topological polar surface area (TPSA) is 63.5 Å². The summed E-state index contributed by atoms with van der Waals surface area (Å²) in [6.45, 7) is 3.14. The molecule has 5 nitrogen and oxygen atoms in total. The SMILES string of the molecule is CCCCCCCn1c(N=Cc2c(O)ccc3oc4c(c23)CCCC4)nc2ccccc21.